The largest absolute Gasteiger partial charge is 0.493 e. The van der Waals surface area contributed by atoms with Gasteiger partial charge in [-0.2, -0.15) is 9.97 Å². The number of hydrogen-bond donors (Lipinski definition) is 2. The Morgan fingerprint density at radius 3 is 2.51 bits per heavy atom. The van der Waals surface area contributed by atoms with Crippen LogP contribution in [0.2, 0.25) is 5.02 Å². The third-order valence-electron chi connectivity index (χ3n) is 6.07. The van der Waals surface area contributed by atoms with Gasteiger partial charge in [-0.3, -0.25) is 0 Å². The van der Waals surface area contributed by atoms with Gasteiger partial charge in [0.1, 0.15) is 18.2 Å². The maximum Gasteiger partial charge on any atom is 0.309 e. The molecule has 212 valence electrons. The number of ether oxygens (including phenoxy) is 4. The average molecular weight is 575 g/mol. The number of nitrogens with zero attached hydrogens (tertiary/aromatic N) is 4. The molecule has 0 amide bonds. The van der Waals surface area contributed by atoms with Gasteiger partial charge < -0.3 is 29.6 Å². The first kappa shape index (κ1) is 28.0. The van der Waals surface area contributed by atoms with Crippen molar-refractivity contribution in [1.82, 2.24) is 24.8 Å². The predicted molar refractivity (Wildman–Crippen MR) is 160 cm³/mol. The number of aromatic nitrogens is 4. The first-order valence-electron chi connectivity index (χ1n) is 13.1. The van der Waals surface area contributed by atoms with Gasteiger partial charge in [0.05, 0.1) is 30.3 Å². The molecule has 0 saturated carbocycles. The summed E-state index contributed by atoms with van der Waals surface area (Å²) in [6.07, 6.45) is 1.66. The van der Waals surface area contributed by atoms with Gasteiger partial charge in [0.25, 0.3) is 0 Å². The molecule has 2 heterocycles. The smallest absolute Gasteiger partial charge is 0.309 e. The number of fused-ring (bicyclic) bond motifs is 1. The lowest BCUT2D eigenvalue weighted by Crippen LogP contribution is -2.27. The molecule has 0 aliphatic heterocycles. The second kappa shape index (κ2) is 12.8. The molecule has 0 spiro atoms. The highest BCUT2D eigenvalue weighted by atomic mass is 35.5. The van der Waals surface area contributed by atoms with Gasteiger partial charge in [-0.1, -0.05) is 43.6 Å². The lowest BCUT2D eigenvalue weighted by molar-refractivity contribution is 0.309. The van der Waals surface area contributed by atoms with Gasteiger partial charge >= 0.3 is 6.01 Å². The van der Waals surface area contributed by atoms with Crippen LogP contribution in [0.3, 0.4) is 0 Å². The van der Waals surface area contributed by atoms with Crippen molar-refractivity contribution in [2.75, 3.05) is 32.7 Å². The summed E-state index contributed by atoms with van der Waals surface area (Å²) in [6, 6.07) is 21.1. The molecule has 0 radical (unpaired) electrons. The van der Waals surface area contributed by atoms with Crippen molar-refractivity contribution in [3.63, 3.8) is 0 Å². The summed E-state index contributed by atoms with van der Waals surface area (Å²) in [5, 5.41) is 7.02. The van der Waals surface area contributed by atoms with Crippen LogP contribution in [0.25, 0.3) is 16.9 Å². The molecular formula is C30H31ClN6O4. The number of nitrogens with one attached hydrogen (secondary N) is 2. The Labute approximate surface area is 243 Å². The molecule has 0 aliphatic rings. The Balaban J connectivity index is 1.42. The Morgan fingerprint density at radius 1 is 0.902 bits per heavy atom. The molecule has 0 saturated heterocycles. The predicted octanol–water partition coefficient (Wildman–Crippen LogP) is 6.40. The van der Waals surface area contributed by atoms with Crippen molar-refractivity contribution in [1.29, 1.82) is 0 Å². The average Bonchev–Trinajstić information content (AvgIpc) is 3.34. The van der Waals surface area contributed by atoms with Gasteiger partial charge in [0.2, 0.25) is 11.7 Å². The molecule has 11 heteroatoms. The minimum atomic E-state index is 0.305. The van der Waals surface area contributed by atoms with Crippen molar-refractivity contribution < 1.29 is 18.9 Å². The highest BCUT2D eigenvalue weighted by Crippen LogP contribution is 2.40. The van der Waals surface area contributed by atoms with Gasteiger partial charge in [0.15, 0.2) is 11.5 Å². The number of halogens is 1. The van der Waals surface area contributed by atoms with Gasteiger partial charge in [-0.25, -0.2) is 9.55 Å². The van der Waals surface area contributed by atoms with Crippen LogP contribution >= 0.6 is 11.6 Å². The number of anilines is 2. The molecule has 2 aromatic heterocycles. The van der Waals surface area contributed by atoms with E-state index in [-0.39, 0.29) is 0 Å². The quantitative estimate of drug-likeness (QED) is 0.164. The van der Waals surface area contributed by atoms with Crippen LogP contribution in [-0.4, -0.2) is 52.9 Å². The third-order valence-corrected chi connectivity index (χ3v) is 6.36. The molecule has 0 unspecified atom stereocenters. The minimum Gasteiger partial charge on any atom is -0.493 e. The second-order valence-corrected chi connectivity index (χ2v) is 9.69. The van der Waals surface area contributed by atoms with E-state index >= 15 is 0 Å². The molecule has 0 fully saturated rings. The SMILES string of the molecule is COc1cccc(Oc2nc3ccccc3n2-c2ccnc(Nc3ccc(OCCNC(C)C)c(Cl)c3)n2)c1OC. The first-order chi connectivity index (χ1) is 20.0. The summed E-state index contributed by atoms with van der Waals surface area (Å²) in [5.41, 5.74) is 2.27. The van der Waals surface area contributed by atoms with Crippen molar-refractivity contribution in [2.24, 2.45) is 0 Å². The van der Waals surface area contributed by atoms with Gasteiger partial charge in [-0.05, 0) is 42.5 Å². The van der Waals surface area contributed by atoms with E-state index in [9.17, 15) is 0 Å². The van der Waals surface area contributed by atoms with Crippen LogP contribution in [0.15, 0.2) is 72.9 Å². The fourth-order valence-electron chi connectivity index (χ4n) is 4.20. The number of imidazole rings is 1. The Hall–Kier alpha value is -4.54. The molecular weight excluding hydrogens is 544 g/mol. The van der Waals surface area contributed by atoms with Crippen molar-refractivity contribution >= 4 is 34.3 Å². The number of para-hydroxylation sites is 3. The number of rotatable bonds is 12. The first-order valence-corrected chi connectivity index (χ1v) is 13.5. The third kappa shape index (κ3) is 6.45. The lowest BCUT2D eigenvalue weighted by Gasteiger charge is -2.14. The fraction of sp³-hybridized carbons (Fsp3) is 0.233. The lowest BCUT2D eigenvalue weighted by atomic mass is 10.3. The molecule has 10 nitrogen and oxygen atoms in total. The van der Waals surface area contributed by atoms with Crippen LogP contribution in [0.5, 0.6) is 29.0 Å². The van der Waals surface area contributed by atoms with Gasteiger partial charge in [0, 0.05) is 30.5 Å². The summed E-state index contributed by atoms with van der Waals surface area (Å²) in [7, 11) is 3.14. The monoisotopic (exact) mass is 574 g/mol. The molecule has 0 atom stereocenters. The molecule has 5 aromatic rings. The number of methoxy groups -OCH3 is 2. The maximum atomic E-state index is 6.48. The van der Waals surface area contributed by atoms with Crippen LogP contribution in [0, 0.1) is 0 Å². The Morgan fingerprint density at radius 2 is 1.73 bits per heavy atom. The molecule has 0 aliphatic carbocycles. The van der Waals surface area contributed by atoms with E-state index in [1.165, 1.54) is 0 Å². The van der Waals surface area contributed by atoms with E-state index < -0.39 is 0 Å². The Kier molecular flexibility index (Phi) is 8.71. The van der Waals surface area contributed by atoms with Crippen LogP contribution in [0.1, 0.15) is 13.8 Å². The topological polar surface area (TPSA) is 105 Å². The van der Waals surface area contributed by atoms with E-state index in [1.54, 1.807) is 44.7 Å². The van der Waals surface area contributed by atoms with Crippen molar-refractivity contribution in [3.8, 4) is 34.8 Å². The van der Waals surface area contributed by atoms with E-state index in [0.717, 1.165) is 17.6 Å². The second-order valence-electron chi connectivity index (χ2n) is 9.28. The minimum absolute atomic E-state index is 0.305. The van der Waals surface area contributed by atoms with Gasteiger partial charge in [-0.15, -0.1) is 0 Å². The molecule has 5 rings (SSSR count). The summed E-state index contributed by atoms with van der Waals surface area (Å²) in [4.78, 5) is 13.9. The highest BCUT2D eigenvalue weighted by molar-refractivity contribution is 6.32. The van der Waals surface area contributed by atoms with Crippen LogP contribution < -0.4 is 29.6 Å². The summed E-state index contributed by atoms with van der Waals surface area (Å²) in [5.74, 6) is 2.99. The molecule has 0 bridgehead atoms. The number of benzene rings is 3. The van der Waals surface area contributed by atoms with Crippen molar-refractivity contribution in [2.45, 2.75) is 19.9 Å². The standard InChI is InChI=1S/C30H31ClN6O4/c1-19(2)32-16-17-40-24-13-12-20(18-21(24)31)34-29-33-15-14-27(36-29)37-23-9-6-5-8-22(23)35-30(37)41-26-11-7-10-25(38-3)28(26)39-4/h5-15,18-19,32H,16-17H2,1-4H3,(H,33,34,36). The summed E-state index contributed by atoms with van der Waals surface area (Å²) in [6.45, 7) is 5.42. The zero-order valence-electron chi connectivity index (χ0n) is 23.2. The normalized spacial score (nSPS) is 11.1. The fourth-order valence-corrected chi connectivity index (χ4v) is 4.43. The Bertz CT molecular complexity index is 1640. The highest BCUT2D eigenvalue weighted by Gasteiger charge is 2.19. The zero-order valence-corrected chi connectivity index (χ0v) is 24.0. The molecule has 2 N–H and O–H groups in total. The van der Waals surface area contributed by atoms with Crippen LogP contribution in [0.4, 0.5) is 11.6 Å². The van der Waals surface area contributed by atoms with E-state index in [2.05, 4.69) is 29.5 Å². The zero-order chi connectivity index (χ0) is 28.8. The molecule has 41 heavy (non-hydrogen) atoms. The summed E-state index contributed by atoms with van der Waals surface area (Å²) < 4.78 is 24.9. The number of hydrogen-bond acceptors (Lipinski definition) is 9. The van der Waals surface area contributed by atoms with Crippen LogP contribution in [-0.2, 0) is 0 Å². The maximum absolute atomic E-state index is 6.48. The van der Waals surface area contributed by atoms with Crippen molar-refractivity contribution in [3.05, 3.63) is 77.9 Å². The van der Waals surface area contributed by atoms with E-state index in [4.69, 9.17) is 40.5 Å². The van der Waals surface area contributed by atoms with E-state index in [0.29, 0.717) is 64.1 Å². The summed E-state index contributed by atoms with van der Waals surface area (Å²) >= 11 is 6.48. The van der Waals surface area contributed by atoms with E-state index in [1.807, 2.05) is 47.0 Å². The molecule has 3 aromatic carbocycles.